The highest BCUT2D eigenvalue weighted by atomic mass is 16.2. The Kier molecular flexibility index (Phi) is 5.43. The molecule has 2 saturated carbocycles. The van der Waals surface area contributed by atoms with Crippen LogP contribution < -0.4 is 5.32 Å². The van der Waals surface area contributed by atoms with E-state index in [4.69, 9.17) is 0 Å². The first kappa shape index (κ1) is 18.8. The monoisotopic (exact) mass is 370 g/mol. The largest absolute Gasteiger partial charge is 0.354 e. The molecule has 0 aromatic rings. The van der Waals surface area contributed by atoms with Crippen LogP contribution in [0.2, 0.25) is 0 Å². The molecular formula is C23H34N2O2. The van der Waals surface area contributed by atoms with E-state index in [0.717, 1.165) is 38.5 Å². The molecule has 0 aliphatic heterocycles. The predicted octanol–water partition coefficient (Wildman–Crippen LogP) is 3.54. The number of amides is 2. The van der Waals surface area contributed by atoms with Crippen molar-refractivity contribution >= 4 is 11.8 Å². The van der Waals surface area contributed by atoms with Gasteiger partial charge in [0.15, 0.2) is 0 Å². The summed E-state index contributed by atoms with van der Waals surface area (Å²) in [6.07, 6.45) is 15.3. The van der Waals surface area contributed by atoms with Gasteiger partial charge < -0.3 is 10.2 Å². The molecule has 0 saturated heterocycles. The minimum Gasteiger partial charge on any atom is -0.354 e. The van der Waals surface area contributed by atoms with Gasteiger partial charge in [0.05, 0.1) is 0 Å². The molecule has 4 nitrogen and oxygen atoms in total. The minimum atomic E-state index is 0.146. The number of carbonyl (C=O) groups is 2. The van der Waals surface area contributed by atoms with Crippen molar-refractivity contribution in [3.8, 4) is 0 Å². The van der Waals surface area contributed by atoms with Crippen LogP contribution in [0.15, 0.2) is 24.3 Å². The molecule has 1 N–H and O–H groups in total. The zero-order valence-electron chi connectivity index (χ0n) is 16.8. The topological polar surface area (TPSA) is 49.4 Å². The number of hydrogen-bond acceptors (Lipinski definition) is 2. The SMILES string of the molecule is CCC(CC)N(CCNC(=O)[C@H]1C[C@H]2C=C[C@H]1C2)C(=O)[C@H]1C[C@H]2C=C[C@H]1C2. The summed E-state index contributed by atoms with van der Waals surface area (Å²) in [6, 6.07) is 0.280. The van der Waals surface area contributed by atoms with Crippen LogP contribution in [0.1, 0.15) is 52.4 Å². The fourth-order valence-corrected chi connectivity index (χ4v) is 5.99. The van der Waals surface area contributed by atoms with Crippen molar-refractivity contribution in [2.75, 3.05) is 13.1 Å². The van der Waals surface area contributed by atoms with E-state index in [0.29, 0.717) is 42.7 Å². The molecule has 6 atom stereocenters. The summed E-state index contributed by atoms with van der Waals surface area (Å²) in [4.78, 5) is 28.0. The molecular weight excluding hydrogens is 336 g/mol. The first-order valence-electron chi connectivity index (χ1n) is 11.1. The number of nitrogens with one attached hydrogen (secondary N) is 1. The Hall–Kier alpha value is -1.58. The lowest BCUT2D eigenvalue weighted by molar-refractivity contribution is -0.139. The Morgan fingerprint density at radius 2 is 1.52 bits per heavy atom. The van der Waals surface area contributed by atoms with E-state index in [9.17, 15) is 9.59 Å². The summed E-state index contributed by atoms with van der Waals surface area (Å²) in [5.41, 5.74) is 0. The van der Waals surface area contributed by atoms with Crippen LogP contribution in [-0.2, 0) is 9.59 Å². The van der Waals surface area contributed by atoms with Crippen molar-refractivity contribution in [2.45, 2.75) is 58.4 Å². The quantitative estimate of drug-likeness (QED) is 0.664. The van der Waals surface area contributed by atoms with Crippen LogP contribution in [0.25, 0.3) is 0 Å². The normalized spacial score (nSPS) is 35.4. The van der Waals surface area contributed by atoms with E-state index in [2.05, 4.69) is 48.4 Å². The molecule has 0 unspecified atom stereocenters. The molecule has 0 heterocycles. The van der Waals surface area contributed by atoms with Crippen LogP contribution in [0, 0.1) is 35.5 Å². The molecule has 0 aromatic carbocycles. The van der Waals surface area contributed by atoms with Gasteiger partial charge in [0.25, 0.3) is 0 Å². The third kappa shape index (κ3) is 3.60. The first-order chi connectivity index (χ1) is 13.1. The number of nitrogens with zero attached hydrogens (tertiary/aromatic N) is 1. The van der Waals surface area contributed by atoms with Gasteiger partial charge in [0, 0.05) is 31.0 Å². The molecule has 148 valence electrons. The Morgan fingerprint density at radius 1 is 0.926 bits per heavy atom. The van der Waals surface area contributed by atoms with Gasteiger partial charge in [-0.3, -0.25) is 9.59 Å². The van der Waals surface area contributed by atoms with E-state index in [1.54, 1.807) is 0 Å². The highest BCUT2D eigenvalue weighted by Gasteiger charge is 2.42. The fraction of sp³-hybridized carbons (Fsp3) is 0.739. The smallest absolute Gasteiger partial charge is 0.226 e. The fourth-order valence-electron chi connectivity index (χ4n) is 5.99. The van der Waals surface area contributed by atoms with Crippen molar-refractivity contribution in [1.29, 1.82) is 0 Å². The Labute approximate surface area is 163 Å². The van der Waals surface area contributed by atoms with Gasteiger partial charge in [-0.25, -0.2) is 0 Å². The predicted molar refractivity (Wildman–Crippen MR) is 107 cm³/mol. The molecule has 27 heavy (non-hydrogen) atoms. The zero-order chi connectivity index (χ0) is 19.0. The van der Waals surface area contributed by atoms with Crippen LogP contribution >= 0.6 is 0 Å². The molecule has 0 spiro atoms. The molecule has 0 radical (unpaired) electrons. The van der Waals surface area contributed by atoms with Gasteiger partial charge >= 0.3 is 0 Å². The zero-order valence-corrected chi connectivity index (χ0v) is 16.8. The van der Waals surface area contributed by atoms with Gasteiger partial charge in [-0.05, 0) is 62.2 Å². The van der Waals surface area contributed by atoms with E-state index in [1.165, 1.54) is 0 Å². The van der Waals surface area contributed by atoms with Gasteiger partial charge in [0.2, 0.25) is 11.8 Å². The van der Waals surface area contributed by atoms with Crippen LogP contribution in [-0.4, -0.2) is 35.8 Å². The second kappa shape index (κ2) is 7.81. The highest BCUT2D eigenvalue weighted by Crippen LogP contribution is 2.45. The van der Waals surface area contributed by atoms with Crippen molar-refractivity contribution in [3.05, 3.63) is 24.3 Å². The maximum atomic E-state index is 13.3. The Morgan fingerprint density at radius 3 is 2.00 bits per heavy atom. The lowest BCUT2D eigenvalue weighted by atomic mass is 9.91. The third-order valence-corrected chi connectivity index (χ3v) is 7.53. The molecule has 0 aromatic heterocycles. The van der Waals surface area contributed by atoms with Crippen molar-refractivity contribution in [1.82, 2.24) is 10.2 Å². The summed E-state index contributed by atoms with van der Waals surface area (Å²) in [5.74, 6) is 2.91. The van der Waals surface area contributed by atoms with E-state index >= 15 is 0 Å². The maximum absolute atomic E-state index is 13.3. The van der Waals surface area contributed by atoms with Gasteiger partial charge in [-0.2, -0.15) is 0 Å². The van der Waals surface area contributed by atoms with Crippen molar-refractivity contribution in [3.63, 3.8) is 0 Å². The van der Waals surface area contributed by atoms with E-state index in [1.807, 2.05) is 0 Å². The number of fused-ring (bicyclic) bond motifs is 4. The summed E-state index contributed by atoms with van der Waals surface area (Å²) in [5, 5.41) is 3.14. The summed E-state index contributed by atoms with van der Waals surface area (Å²) in [6.45, 7) is 5.55. The van der Waals surface area contributed by atoms with E-state index in [-0.39, 0.29) is 23.8 Å². The summed E-state index contributed by atoms with van der Waals surface area (Å²) < 4.78 is 0. The number of allylic oxidation sites excluding steroid dienone is 4. The molecule has 4 rings (SSSR count). The molecule has 4 aliphatic rings. The molecule has 2 fully saturated rings. The average molecular weight is 371 g/mol. The summed E-state index contributed by atoms with van der Waals surface area (Å²) in [7, 11) is 0. The van der Waals surface area contributed by atoms with Gasteiger partial charge in [-0.1, -0.05) is 38.2 Å². The lowest BCUT2D eigenvalue weighted by Crippen LogP contribution is -2.48. The second-order valence-electron chi connectivity index (χ2n) is 9.07. The maximum Gasteiger partial charge on any atom is 0.226 e. The van der Waals surface area contributed by atoms with Gasteiger partial charge in [-0.15, -0.1) is 0 Å². The Bertz CT molecular complexity index is 636. The van der Waals surface area contributed by atoms with Crippen molar-refractivity contribution in [2.24, 2.45) is 35.5 Å². The summed E-state index contributed by atoms with van der Waals surface area (Å²) >= 11 is 0. The standard InChI is InChI=1S/C23H34N2O2/c1-3-19(4-2)25(23(27)21-14-16-6-8-18(21)12-16)10-9-24-22(26)20-13-15-5-7-17(20)11-15/h5-8,15-21H,3-4,9-14H2,1-2H3,(H,24,26)/t15-,16-,17-,18-,20-,21-/m0/s1. The molecule has 4 bridgehead atoms. The number of hydrogen-bond donors (Lipinski definition) is 1. The van der Waals surface area contributed by atoms with Crippen LogP contribution in [0.3, 0.4) is 0 Å². The number of rotatable bonds is 8. The van der Waals surface area contributed by atoms with E-state index < -0.39 is 0 Å². The molecule has 4 aliphatic carbocycles. The second-order valence-corrected chi connectivity index (χ2v) is 9.07. The third-order valence-electron chi connectivity index (χ3n) is 7.53. The van der Waals surface area contributed by atoms with Crippen LogP contribution in [0.4, 0.5) is 0 Å². The lowest BCUT2D eigenvalue weighted by Gasteiger charge is -2.34. The highest BCUT2D eigenvalue weighted by molar-refractivity contribution is 5.81. The first-order valence-corrected chi connectivity index (χ1v) is 11.1. The van der Waals surface area contributed by atoms with Crippen LogP contribution in [0.5, 0.6) is 0 Å². The number of carbonyl (C=O) groups excluding carboxylic acids is 2. The Balaban J connectivity index is 1.33. The molecule has 4 heteroatoms. The van der Waals surface area contributed by atoms with Gasteiger partial charge in [0.1, 0.15) is 0 Å². The minimum absolute atomic E-state index is 0.146. The average Bonchev–Trinajstić information content (AvgIpc) is 3.47. The molecule has 2 amide bonds. The van der Waals surface area contributed by atoms with Crippen molar-refractivity contribution < 1.29 is 9.59 Å².